The maximum Gasteiger partial charge on any atom is 0.229 e. The SMILES string of the molecule is Cc1cc(Nc2nc(Nc3cc(C)c(-c4ccc5c(c4)CCNC5)cc3C)ncc2Cl)n[nH]1. The molecule has 0 atom stereocenters. The molecule has 4 N–H and O–H groups in total. The van der Waals surface area contributed by atoms with Gasteiger partial charge in [0, 0.05) is 24.0 Å². The van der Waals surface area contributed by atoms with E-state index >= 15 is 0 Å². The molecule has 5 rings (SSSR count). The van der Waals surface area contributed by atoms with Crippen molar-refractivity contribution < 1.29 is 0 Å². The van der Waals surface area contributed by atoms with Gasteiger partial charge in [0.2, 0.25) is 5.95 Å². The smallest absolute Gasteiger partial charge is 0.229 e. The van der Waals surface area contributed by atoms with Crippen molar-refractivity contribution in [1.82, 2.24) is 25.5 Å². The number of aromatic amines is 1. The van der Waals surface area contributed by atoms with Gasteiger partial charge in [-0.15, -0.1) is 0 Å². The molecule has 0 aliphatic carbocycles. The topological polar surface area (TPSA) is 90.6 Å². The molecule has 0 fully saturated rings. The highest BCUT2D eigenvalue weighted by Crippen LogP contribution is 2.32. The third-order valence-corrected chi connectivity index (χ3v) is 6.19. The van der Waals surface area contributed by atoms with E-state index in [4.69, 9.17) is 11.6 Å². The summed E-state index contributed by atoms with van der Waals surface area (Å²) in [5.41, 5.74) is 9.55. The fourth-order valence-electron chi connectivity index (χ4n) is 4.15. The standard InChI is InChI=1S/C25H26ClN7/c1-14-9-22(15(2)8-20(14)18-4-5-19-12-27-7-6-17(19)11-18)29-25-28-13-21(26)24(31-25)30-23-10-16(3)32-33-23/h4-5,8-11,13,27H,6-7,12H2,1-3H3,(H3,28,29,30,31,32,33). The van der Waals surface area contributed by atoms with Crippen LogP contribution in [0.2, 0.25) is 5.02 Å². The van der Waals surface area contributed by atoms with Crippen molar-refractivity contribution in [3.8, 4) is 11.1 Å². The summed E-state index contributed by atoms with van der Waals surface area (Å²) >= 11 is 6.29. The van der Waals surface area contributed by atoms with Crippen molar-refractivity contribution >= 4 is 34.9 Å². The summed E-state index contributed by atoms with van der Waals surface area (Å²) in [7, 11) is 0. The van der Waals surface area contributed by atoms with Gasteiger partial charge in [-0.25, -0.2) is 4.98 Å². The van der Waals surface area contributed by atoms with Crippen LogP contribution in [-0.4, -0.2) is 26.7 Å². The Morgan fingerprint density at radius 1 is 0.970 bits per heavy atom. The molecule has 8 heteroatoms. The number of H-pyrrole nitrogens is 1. The molecule has 0 amide bonds. The van der Waals surface area contributed by atoms with Gasteiger partial charge in [0.15, 0.2) is 11.6 Å². The van der Waals surface area contributed by atoms with E-state index in [9.17, 15) is 0 Å². The molecule has 3 heterocycles. The van der Waals surface area contributed by atoms with Crippen LogP contribution in [-0.2, 0) is 13.0 Å². The lowest BCUT2D eigenvalue weighted by Crippen LogP contribution is -2.23. The Morgan fingerprint density at radius 3 is 2.67 bits per heavy atom. The number of halogens is 1. The second-order valence-electron chi connectivity index (χ2n) is 8.47. The number of aromatic nitrogens is 4. The predicted octanol–water partition coefficient (Wildman–Crippen LogP) is 5.58. The van der Waals surface area contributed by atoms with Crippen molar-refractivity contribution in [3.63, 3.8) is 0 Å². The van der Waals surface area contributed by atoms with Crippen LogP contribution in [0.15, 0.2) is 42.6 Å². The van der Waals surface area contributed by atoms with Crippen LogP contribution in [0, 0.1) is 20.8 Å². The summed E-state index contributed by atoms with van der Waals surface area (Å²) in [6.07, 6.45) is 2.65. The van der Waals surface area contributed by atoms with Crippen molar-refractivity contribution in [3.05, 3.63) is 75.6 Å². The van der Waals surface area contributed by atoms with Crippen molar-refractivity contribution in [2.75, 3.05) is 17.2 Å². The molecule has 33 heavy (non-hydrogen) atoms. The molecule has 0 saturated heterocycles. The molecule has 2 aromatic heterocycles. The minimum absolute atomic E-state index is 0.423. The summed E-state index contributed by atoms with van der Waals surface area (Å²) in [6, 6.07) is 13.1. The molecule has 2 aromatic carbocycles. The number of hydrogen-bond acceptors (Lipinski definition) is 6. The van der Waals surface area contributed by atoms with E-state index in [1.54, 1.807) is 6.20 Å². The Hall–Kier alpha value is -3.42. The number of rotatable bonds is 5. The minimum Gasteiger partial charge on any atom is -0.324 e. The molecule has 0 radical (unpaired) electrons. The fraction of sp³-hybridized carbons (Fsp3) is 0.240. The molecule has 0 unspecified atom stereocenters. The highest BCUT2D eigenvalue weighted by Gasteiger charge is 2.13. The highest BCUT2D eigenvalue weighted by molar-refractivity contribution is 6.32. The number of benzene rings is 2. The molecule has 7 nitrogen and oxygen atoms in total. The first-order chi connectivity index (χ1) is 16.0. The van der Waals surface area contributed by atoms with E-state index in [1.165, 1.54) is 27.8 Å². The number of hydrogen-bond donors (Lipinski definition) is 4. The van der Waals surface area contributed by atoms with E-state index in [-0.39, 0.29) is 0 Å². The first kappa shape index (κ1) is 21.4. The molecule has 0 bridgehead atoms. The van der Waals surface area contributed by atoms with Gasteiger partial charge in [0.05, 0.1) is 6.20 Å². The molecular weight excluding hydrogens is 434 g/mol. The van der Waals surface area contributed by atoms with Crippen LogP contribution < -0.4 is 16.0 Å². The lowest BCUT2D eigenvalue weighted by molar-refractivity contribution is 0.644. The van der Waals surface area contributed by atoms with Crippen LogP contribution in [0.3, 0.4) is 0 Å². The largest absolute Gasteiger partial charge is 0.324 e. The Bertz CT molecular complexity index is 1330. The highest BCUT2D eigenvalue weighted by atomic mass is 35.5. The zero-order valence-corrected chi connectivity index (χ0v) is 19.6. The molecule has 168 valence electrons. The number of nitrogens with zero attached hydrogens (tertiary/aromatic N) is 3. The lowest BCUT2D eigenvalue weighted by atomic mass is 9.92. The molecule has 0 spiro atoms. The predicted molar refractivity (Wildman–Crippen MR) is 134 cm³/mol. The Morgan fingerprint density at radius 2 is 1.85 bits per heavy atom. The first-order valence-corrected chi connectivity index (χ1v) is 11.4. The number of anilines is 4. The normalized spacial score (nSPS) is 13.0. The number of nitrogens with one attached hydrogen (secondary N) is 4. The third kappa shape index (κ3) is 4.55. The fourth-order valence-corrected chi connectivity index (χ4v) is 4.28. The summed E-state index contributed by atoms with van der Waals surface area (Å²) in [5, 5.41) is 17.4. The maximum atomic E-state index is 6.29. The average Bonchev–Trinajstić information content (AvgIpc) is 3.22. The average molecular weight is 460 g/mol. The summed E-state index contributed by atoms with van der Waals surface area (Å²) in [6.45, 7) is 8.15. The molecule has 1 aliphatic rings. The van der Waals surface area contributed by atoms with E-state index in [1.807, 2.05) is 13.0 Å². The Labute approximate surface area is 198 Å². The van der Waals surface area contributed by atoms with Crippen LogP contribution in [0.4, 0.5) is 23.3 Å². The van der Waals surface area contributed by atoms with Gasteiger partial charge in [-0.2, -0.15) is 10.1 Å². The summed E-state index contributed by atoms with van der Waals surface area (Å²) in [4.78, 5) is 8.90. The minimum atomic E-state index is 0.423. The van der Waals surface area contributed by atoms with Crippen molar-refractivity contribution in [2.45, 2.75) is 33.7 Å². The van der Waals surface area contributed by atoms with Gasteiger partial charge in [-0.05, 0) is 79.3 Å². The Kier molecular flexibility index (Phi) is 5.74. The van der Waals surface area contributed by atoms with Crippen LogP contribution in [0.1, 0.15) is 27.9 Å². The van der Waals surface area contributed by atoms with Crippen LogP contribution >= 0.6 is 11.6 Å². The van der Waals surface area contributed by atoms with E-state index in [2.05, 4.69) is 80.3 Å². The third-order valence-electron chi connectivity index (χ3n) is 5.92. The number of aryl methyl sites for hydroxylation is 3. The van der Waals surface area contributed by atoms with E-state index in [0.29, 0.717) is 22.6 Å². The van der Waals surface area contributed by atoms with Crippen LogP contribution in [0.5, 0.6) is 0 Å². The van der Waals surface area contributed by atoms with Gasteiger partial charge in [-0.3, -0.25) is 5.10 Å². The zero-order chi connectivity index (χ0) is 22.9. The van der Waals surface area contributed by atoms with Gasteiger partial charge >= 0.3 is 0 Å². The van der Waals surface area contributed by atoms with Gasteiger partial charge in [0.25, 0.3) is 0 Å². The van der Waals surface area contributed by atoms with Crippen molar-refractivity contribution in [1.29, 1.82) is 0 Å². The van der Waals surface area contributed by atoms with E-state index in [0.717, 1.165) is 36.5 Å². The van der Waals surface area contributed by atoms with Crippen LogP contribution in [0.25, 0.3) is 11.1 Å². The second kappa shape index (κ2) is 8.84. The molecule has 0 saturated carbocycles. The first-order valence-electron chi connectivity index (χ1n) is 11.0. The Balaban J connectivity index is 1.41. The lowest BCUT2D eigenvalue weighted by Gasteiger charge is -2.19. The van der Waals surface area contributed by atoms with E-state index < -0.39 is 0 Å². The summed E-state index contributed by atoms with van der Waals surface area (Å²) < 4.78 is 0. The summed E-state index contributed by atoms with van der Waals surface area (Å²) in [5.74, 6) is 1.61. The van der Waals surface area contributed by atoms with Gasteiger partial charge < -0.3 is 16.0 Å². The molecular formula is C25H26ClN7. The quantitative estimate of drug-likeness (QED) is 0.311. The van der Waals surface area contributed by atoms with Gasteiger partial charge in [0.1, 0.15) is 5.02 Å². The van der Waals surface area contributed by atoms with Gasteiger partial charge in [-0.1, -0.05) is 29.8 Å². The van der Waals surface area contributed by atoms with Crippen molar-refractivity contribution in [2.24, 2.45) is 0 Å². The zero-order valence-electron chi connectivity index (χ0n) is 18.9. The molecule has 4 aromatic rings. The monoisotopic (exact) mass is 459 g/mol. The maximum absolute atomic E-state index is 6.29. The second-order valence-corrected chi connectivity index (χ2v) is 8.88. The number of fused-ring (bicyclic) bond motifs is 1. The molecule has 1 aliphatic heterocycles.